The highest BCUT2D eigenvalue weighted by molar-refractivity contribution is 5.96. The molecule has 0 aromatic carbocycles. The summed E-state index contributed by atoms with van der Waals surface area (Å²) in [6.45, 7) is 10.5. The van der Waals surface area contributed by atoms with Gasteiger partial charge in [0.2, 0.25) is 0 Å². The van der Waals surface area contributed by atoms with E-state index in [-0.39, 0.29) is 11.7 Å². The van der Waals surface area contributed by atoms with E-state index >= 15 is 0 Å². The molecule has 0 aliphatic heterocycles. The second-order valence-corrected chi connectivity index (χ2v) is 12.9. The molecule has 0 bridgehead atoms. The first-order chi connectivity index (χ1) is 20.1. The Morgan fingerprint density at radius 3 is 2.29 bits per heavy atom. The van der Waals surface area contributed by atoms with Crippen LogP contribution in [-0.2, 0) is 17.6 Å². The second-order valence-electron chi connectivity index (χ2n) is 12.9. The van der Waals surface area contributed by atoms with E-state index < -0.39 is 11.7 Å². The smallest absolute Gasteiger partial charge is 0.407 e. The van der Waals surface area contributed by atoms with Crippen molar-refractivity contribution in [2.24, 2.45) is 23.7 Å². The van der Waals surface area contributed by atoms with Crippen LogP contribution >= 0.6 is 0 Å². The maximum atomic E-state index is 13.0. The number of rotatable bonds is 9. The molecule has 3 heterocycles. The van der Waals surface area contributed by atoms with Crippen LogP contribution in [0, 0.1) is 23.7 Å². The largest absolute Gasteiger partial charge is 0.444 e. The quantitative estimate of drug-likeness (QED) is 0.299. The number of ketones is 1. The van der Waals surface area contributed by atoms with Gasteiger partial charge in [-0.2, -0.15) is 0 Å². The Morgan fingerprint density at radius 1 is 0.976 bits per heavy atom. The summed E-state index contributed by atoms with van der Waals surface area (Å²) < 4.78 is 5.27. The molecule has 1 N–H and O–H groups in total. The Bertz CT molecular complexity index is 1400. The van der Waals surface area contributed by atoms with Crippen molar-refractivity contribution in [1.82, 2.24) is 30.5 Å². The van der Waals surface area contributed by atoms with Crippen molar-refractivity contribution in [3.63, 3.8) is 0 Å². The van der Waals surface area contributed by atoms with Crippen molar-refractivity contribution < 1.29 is 14.3 Å². The number of carbonyl (C=O) groups excluding carboxylic acids is 2. The fourth-order valence-corrected chi connectivity index (χ4v) is 6.16. The predicted octanol–water partition coefficient (Wildman–Crippen LogP) is 6.27. The number of pyridine rings is 1. The van der Waals surface area contributed by atoms with Crippen molar-refractivity contribution in [2.75, 3.05) is 6.54 Å². The zero-order valence-electron chi connectivity index (χ0n) is 25.4. The van der Waals surface area contributed by atoms with Gasteiger partial charge in [-0.1, -0.05) is 13.8 Å². The summed E-state index contributed by atoms with van der Waals surface area (Å²) in [5, 5.41) is 12.0. The van der Waals surface area contributed by atoms with Crippen molar-refractivity contribution >= 4 is 11.9 Å². The molecule has 0 spiro atoms. The number of alkyl carbamates (subject to hydrolysis) is 1. The summed E-state index contributed by atoms with van der Waals surface area (Å²) >= 11 is 0. The monoisotopic (exact) mass is 570 g/mol. The first-order valence-corrected chi connectivity index (χ1v) is 15.2. The number of carbonyl (C=O) groups is 2. The third-order valence-corrected chi connectivity index (χ3v) is 8.68. The summed E-state index contributed by atoms with van der Waals surface area (Å²) in [6.07, 6.45) is 10.8. The molecule has 4 atom stereocenters. The van der Waals surface area contributed by atoms with Gasteiger partial charge in [-0.15, -0.1) is 10.2 Å². The summed E-state index contributed by atoms with van der Waals surface area (Å²) in [4.78, 5) is 38.4. The van der Waals surface area contributed by atoms with E-state index in [1.54, 1.807) is 18.6 Å². The zero-order chi connectivity index (χ0) is 29.9. The molecule has 222 valence electrons. The first kappa shape index (κ1) is 29.7. The van der Waals surface area contributed by atoms with Gasteiger partial charge in [-0.3, -0.25) is 9.78 Å². The van der Waals surface area contributed by atoms with Crippen LogP contribution in [0.5, 0.6) is 0 Å². The minimum atomic E-state index is -0.518. The van der Waals surface area contributed by atoms with Gasteiger partial charge in [0.1, 0.15) is 17.0 Å². The Labute approximate surface area is 248 Å². The van der Waals surface area contributed by atoms with Crippen LogP contribution in [0.2, 0.25) is 0 Å². The maximum absolute atomic E-state index is 13.0. The van der Waals surface area contributed by atoms with Crippen molar-refractivity contribution in [3.8, 4) is 22.9 Å². The van der Waals surface area contributed by atoms with E-state index in [1.165, 1.54) is 11.1 Å². The average molecular weight is 571 g/mol. The van der Waals surface area contributed by atoms with Gasteiger partial charge in [0.25, 0.3) is 0 Å². The van der Waals surface area contributed by atoms with Crippen molar-refractivity contribution in [1.29, 1.82) is 0 Å². The Kier molecular flexibility index (Phi) is 8.94. The molecule has 42 heavy (non-hydrogen) atoms. The normalized spacial score (nSPS) is 20.4. The molecule has 0 radical (unpaired) electrons. The average Bonchev–Trinajstić information content (AvgIpc) is 3.57. The van der Waals surface area contributed by atoms with Gasteiger partial charge in [0, 0.05) is 37.1 Å². The Hall–Kier alpha value is -3.75. The van der Waals surface area contributed by atoms with Crippen LogP contribution in [0.15, 0.2) is 36.8 Å². The van der Waals surface area contributed by atoms with E-state index in [4.69, 9.17) is 4.74 Å². The minimum Gasteiger partial charge on any atom is -0.444 e. The lowest BCUT2D eigenvalue weighted by Crippen LogP contribution is -2.33. The number of nitrogens with one attached hydrogen (secondary N) is 1. The lowest BCUT2D eigenvalue weighted by Gasteiger charge is -2.20. The topological polar surface area (TPSA) is 120 Å². The number of nitrogens with zero attached hydrogens (tertiary/aromatic N) is 5. The third-order valence-electron chi connectivity index (χ3n) is 8.68. The fraction of sp³-hybridized carbons (Fsp3) is 0.545. The van der Waals surface area contributed by atoms with Gasteiger partial charge >= 0.3 is 6.09 Å². The molecule has 2 aliphatic rings. The first-order valence-electron chi connectivity index (χ1n) is 15.2. The van der Waals surface area contributed by atoms with Gasteiger partial charge < -0.3 is 10.1 Å². The molecule has 9 nitrogen and oxygen atoms in total. The van der Waals surface area contributed by atoms with E-state index in [0.29, 0.717) is 24.4 Å². The zero-order valence-corrected chi connectivity index (χ0v) is 25.4. The molecule has 1 saturated carbocycles. The highest BCUT2D eigenvalue weighted by atomic mass is 16.6. The van der Waals surface area contributed by atoms with Crippen LogP contribution < -0.4 is 5.32 Å². The van der Waals surface area contributed by atoms with Crippen molar-refractivity contribution in [3.05, 3.63) is 53.5 Å². The summed E-state index contributed by atoms with van der Waals surface area (Å²) in [5.74, 6) is 3.29. The van der Waals surface area contributed by atoms with Crippen LogP contribution in [-0.4, -0.2) is 49.2 Å². The second kappa shape index (κ2) is 12.6. The lowest BCUT2D eigenvalue weighted by molar-refractivity contribution is 0.0524. The van der Waals surface area contributed by atoms with Crippen LogP contribution in [0.3, 0.4) is 0 Å². The van der Waals surface area contributed by atoms with E-state index in [1.807, 2.05) is 39.0 Å². The summed E-state index contributed by atoms with van der Waals surface area (Å²) in [6, 6.07) is 5.55. The van der Waals surface area contributed by atoms with Crippen LogP contribution in [0.4, 0.5) is 4.79 Å². The molecule has 3 aromatic heterocycles. The number of Topliss-reactive ketones (excluding diaryl/α,β-unsaturated/α-hetero) is 1. The number of aromatic nitrogens is 5. The van der Waals surface area contributed by atoms with E-state index in [9.17, 15) is 9.59 Å². The summed E-state index contributed by atoms with van der Waals surface area (Å²) in [5.41, 5.74) is 4.74. The molecule has 1 fully saturated rings. The van der Waals surface area contributed by atoms with Gasteiger partial charge in [-0.05, 0) is 112 Å². The van der Waals surface area contributed by atoms with E-state index in [2.05, 4.69) is 44.3 Å². The molecule has 9 heteroatoms. The predicted molar refractivity (Wildman–Crippen MR) is 161 cm³/mol. The van der Waals surface area contributed by atoms with Crippen LogP contribution in [0.1, 0.15) is 88.2 Å². The molecular formula is C33H42N6O3. The number of hydrogen-bond donors (Lipinski definition) is 1. The molecular weight excluding hydrogens is 528 g/mol. The number of hydrogen-bond acceptors (Lipinski definition) is 8. The SMILES string of the molecule is CC(CCNC(=O)OC(C)(C)C)CCC(=O)c1ccc(-c2nnc(-c3ncccn3)c3c2CC[C@H]2C(C)[C@H]2CC3)nc1. The van der Waals surface area contributed by atoms with Crippen molar-refractivity contribution in [2.45, 2.75) is 85.2 Å². The van der Waals surface area contributed by atoms with Gasteiger partial charge in [-0.25, -0.2) is 14.8 Å². The highest BCUT2D eigenvalue weighted by Crippen LogP contribution is 2.53. The summed E-state index contributed by atoms with van der Waals surface area (Å²) in [7, 11) is 0. The standard InChI is InChI=1S/C33H42N6O3/c1-20(15-18-36-32(41)42-33(3,4)5)7-14-28(40)22-8-13-27(37-19-22)29-25-11-9-23-21(2)24(23)10-12-26(25)30(39-38-29)31-34-16-6-17-35-31/h6,8,13,16-17,19-21,23-24H,7,9-12,14-15,18H2,1-5H3,(H,36,41)/t20?,21?,23-,24+/m0/s1. The third kappa shape index (κ3) is 7.17. The molecule has 2 unspecified atom stereocenters. The molecule has 2 aliphatic carbocycles. The number of ether oxygens (including phenoxy) is 1. The lowest BCUT2D eigenvalue weighted by atomic mass is 9.90. The van der Waals surface area contributed by atoms with Gasteiger partial charge in [0.15, 0.2) is 11.6 Å². The molecule has 0 saturated heterocycles. The van der Waals surface area contributed by atoms with Crippen LogP contribution in [0.25, 0.3) is 22.9 Å². The minimum absolute atomic E-state index is 0.0627. The Balaban J connectivity index is 1.24. The number of amides is 1. The maximum Gasteiger partial charge on any atom is 0.407 e. The Morgan fingerprint density at radius 2 is 1.64 bits per heavy atom. The molecule has 5 rings (SSSR count). The highest BCUT2D eigenvalue weighted by Gasteiger charge is 2.46. The molecule has 1 amide bonds. The van der Waals surface area contributed by atoms with E-state index in [0.717, 1.165) is 73.4 Å². The molecule has 3 aromatic rings. The van der Waals surface area contributed by atoms with Gasteiger partial charge in [0.05, 0.1) is 5.69 Å². The number of fused-ring (bicyclic) bond motifs is 2. The fourth-order valence-electron chi connectivity index (χ4n) is 6.16.